The number of carbonyl (C=O) groups excluding carboxylic acids is 2. The van der Waals surface area contributed by atoms with E-state index in [4.69, 9.17) is 23.9 Å². The summed E-state index contributed by atoms with van der Waals surface area (Å²) in [4.78, 5) is 67.4. The lowest BCUT2D eigenvalue weighted by molar-refractivity contribution is 0.0544. The second-order valence-electron chi connectivity index (χ2n) is 19.1. The van der Waals surface area contributed by atoms with E-state index in [9.17, 15) is 9.59 Å². The van der Waals surface area contributed by atoms with E-state index in [0.29, 0.717) is 79.2 Å². The quantitative estimate of drug-likeness (QED) is 0.0317. The predicted molar refractivity (Wildman–Crippen MR) is 318 cm³/mol. The number of likely N-dealkylation sites (N-methyl/N-ethyl adjacent to an activating group) is 2. The minimum absolute atomic E-state index is 0.0298. The van der Waals surface area contributed by atoms with Gasteiger partial charge in [0.15, 0.2) is 0 Å². The van der Waals surface area contributed by atoms with Gasteiger partial charge in [-0.05, 0) is 112 Å². The Morgan fingerprint density at radius 2 is 1.26 bits per heavy atom. The van der Waals surface area contributed by atoms with Crippen molar-refractivity contribution < 1.29 is 28.5 Å². The largest absolute Gasteiger partial charge is 0.491 e. The number of nitrogens with one attached hydrogen (secondary N) is 4. The minimum atomic E-state index is 0.0298. The normalized spacial score (nSPS) is 14.1. The first-order valence-corrected chi connectivity index (χ1v) is 27.2. The van der Waals surface area contributed by atoms with E-state index in [0.717, 1.165) is 102 Å². The van der Waals surface area contributed by atoms with Crippen molar-refractivity contribution in [1.29, 1.82) is 0 Å². The molecule has 6 aromatic heterocycles. The number of anilines is 4. The number of rotatable bonds is 20. The van der Waals surface area contributed by atoms with Crippen LogP contribution in [0.15, 0.2) is 146 Å². The van der Waals surface area contributed by atoms with Crippen LogP contribution in [0.5, 0.6) is 5.75 Å². The molecule has 0 radical (unpaired) electrons. The van der Waals surface area contributed by atoms with Gasteiger partial charge in [-0.3, -0.25) is 19.6 Å². The summed E-state index contributed by atoms with van der Waals surface area (Å²) in [6.07, 6.45) is 14.0. The number of benzene rings is 2. The molecular formula is C61H72N14O6. The van der Waals surface area contributed by atoms with Gasteiger partial charge in [0.25, 0.3) is 11.8 Å². The number of fused-ring (bicyclic) bond motifs is 2. The third-order valence-corrected chi connectivity index (χ3v) is 13.2. The molecule has 422 valence electrons. The van der Waals surface area contributed by atoms with Gasteiger partial charge in [0.1, 0.15) is 36.1 Å². The Bertz CT molecular complexity index is 3400. The summed E-state index contributed by atoms with van der Waals surface area (Å²) < 4.78 is 22.2. The standard InChI is InChI=1S/C31H33N7O2.C28H33N7O4.C2H6/c1-4-6-26(40-21-23-7-5-11-32-20-23)17-22(2)27-10-12-33-31(36-27)34-25-8-9-28-24(18-25)19-29(35-28)30(39)38-15-13-37(3)14-16-38;1-34-9-11-35(12-10-34)27(36)26-18-20-17-21(3-4-23(20)32-26)31-28-30-8-6-24(33-28)25-19-22(5-7-29-25)39-16-15-38-14-13-37-2;1-2/h4-12,17-20,35H,1,13-16,21H2,2-3H3,(H,33,34,36);3-8,17-19,32H,9-16H2,1-2H3,(H,30,31,33);1-2H3/b22-17+,26-6+;;. The summed E-state index contributed by atoms with van der Waals surface area (Å²) in [7, 11) is 5.79. The van der Waals surface area contributed by atoms with Gasteiger partial charge in [-0.2, -0.15) is 0 Å². The van der Waals surface area contributed by atoms with Crippen molar-refractivity contribution in [3.05, 3.63) is 169 Å². The van der Waals surface area contributed by atoms with Gasteiger partial charge in [-0.1, -0.05) is 32.6 Å². The minimum Gasteiger partial charge on any atom is -0.491 e. The SMILES string of the molecule is C=C/C=C(\C=C(/C)c1ccnc(Nc2ccc3[nH]c(C(=O)N4CCN(C)CC4)cc3c2)n1)OCc1cccnc1.CC.COCCOCCOc1ccnc(-c2ccnc(Nc3ccc4[nH]c(C(=O)N5CCN(C)CC5)cc4c3)n2)c1. The van der Waals surface area contributed by atoms with E-state index < -0.39 is 0 Å². The Balaban J connectivity index is 0.000000206. The molecule has 8 heterocycles. The second kappa shape index (κ2) is 29.4. The summed E-state index contributed by atoms with van der Waals surface area (Å²) in [5.41, 5.74) is 8.65. The summed E-state index contributed by atoms with van der Waals surface area (Å²) in [5.74, 6) is 2.33. The highest BCUT2D eigenvalue weighted by Crippen LogP contribution is 2.27. The molecule has 0 unspecified atom stereocenters. The van der Waals surface area contributed by atoms with Crippen LogP contribution in [-0.2, 0) is 20.8 Å². The van der Waals surface area contributed by atoms with Crippen LogP contribution < -0.4 is 15.4 Å². The Morgan fingerprint density at radius 3 is 1.85 bits per heavy atom. The molecule has 2 saturated heterocycles. The lowest BCUT2D eigenvalue weighted by atomic mass is 10.2. The van der Waals surface area contributed by atoms with Gasteiger partial charge < -0.3 is 59.1 Å². The molecule has 8 aromatic rings. The number of aromatic nitrogens is 8. The lowest BCUT2D eigenvalue weighted by Crippen LogP contribution is -2.47. The van der Waals surface area contributed by atoms with E-state index in [2.05, 4.69) is 76.0 Å². The van der Waals surface area contributed by atoms with Gasteiger partial charge >= 0.3 is 0 Å². The smallest absolute Gasteiger partial charge is 0.270 e. The number of pyridine rings is 2. The fourth-order valence-corrected chi connectivity index (χ4v) is 8.76. The van der Waals surface area contributed by atoms with Crippen molar-refractivity contribution >= 4 is 62.5 Å². The van der Waals surface area contributed by atoms with Crippen LogP contribution in [0.4, 0.5) is 23.3 Å². The Morgan fingerprint density at radius 1 is 0.667 bits per heavy atom. The zero-order chi connectivity index (χ0) is 56.9. The maximum Gasteiger partial charge on any atom is 0.270 e. The number of ether oxygens (including phenoxy) is 4. The zero-order valence-corrected chi connectivity index (χ0v) is 47.0. The first kappa shape index (κ1) is 58.3. The van der Waals surface area contributed by atoms with Crippen molar-refractivity contribution in [3.8, 4) is 17.1 Å². The summed E-state index contributed by atoms with van der Waals surface area (Å²) in [5, 5.41) is 8.43. The van der Waals surface area contributed by atoms with E-state index in [1.807, 2.05) is 116 Å². The predicted octanol–water partition coefficient (Wildman–Crippen LogP) is 9.39. The zero-order valence-electron chi connectivity index (χ0n) is 47.0. The summed E-state index contributed by atoms with van der Waals surface area (Å²) in [6, 6.07) is 26.7. The lowest BCUT2D eigenvalue weighted by Gasteiger charge is -2.32. The number of aromatic amines is 2. The molecule has 2 aliphatic rings. The van der Waals surface area contributed by atoms with Gasteiger partial charge in [0.05, 0.1) is 36.9 Å². The highest BCUT2D eigenvalue weighted by molar-refractivity contribution is 6.00. The molecule has 2 fully saturated rings. The number of carbonyl (C=O) groups is 2. The Hall–Kier alpha value is -8.82. The maximum absolute atomic E-state index is 13.0. The van der Waals surface area contributed by atoms with E-state index >= 15 is 0 Å². The first-order chi connectivity index (χ1) is 39.6. The van der Waals surface area contributed by atoms with Crippen LogP contribution in [0, 0.1) is 0 Å². The van der Waals surface area contributed by atoms with E-state index in [1.54, 1.807) is 56.3 Å². The maximum atomic E-state index is 13.0. The first-order valence-electron chi connectivity index (χ1n) is 27.2. The van der Waals surface area contributed by atoms with Crippen LogP contribution in [-0.4, -0.2) is 171 Å². The molecule has 20 heteroatoms. The number of hydrogen-bond acceptors (Lipinski definition) is 16. The number of piperazine rings is 2. The fraction of sp³-hybridized carbons (Fsp3) is 0.311. The molecule has 0 saturated carbocycles. The molecular weight excluding hydrogens is 1020 g/mol. The highest BCUT2D eigenvalue weighted by atomic mass is 16.5. The molecule has 20 nitrogen and oxygen atoms in total. The number of methoxy groups -OCH3 is 1. The van der Waals surface area contributed by atoms with Gasteiger partial charge in [0, 0.05) is 135 Å². The van der Waals surface area contributed by atoms with Crippen LogP contribution in [0.3, 0.4) is 0 Å². The molecule has 10 rings (SSSR count). The number of amides is 2. The highest BCUT2D eigenvalue weighted by Gasteiger charge is 2.23. The molecule has 2 aliphatic heterocycles. The molecule has 2 amide bonds. The van der Waals surface area contributed by atoms with Crippen LogP contribution in [0.25, 0.3) is 38.8 Å². The Labute approximate surface area is 473 Å². The third kappa shape index (κ3) is 16.6. The van der Waals surface area contributed by atoms with E-state index in [-0.39, 0.29) is 11.8 Å². The van der Waals surface area contributed by atoms with Gasteiger partial charge in [-0.25, -0.2) is 19.9 Å². The van der Waals surface area contributed by atoms with Crippen molar-refractivity contribution in [2.75, 3.05) is 111 Å². The molecule has 0 atom stereocenters. The van der Waals surface area contributed by atoms with Gasteiger partial charge in [-0.15, -0.1) is 0 Å². The fourth-order valence-electron chi connectivity index (χ4n) is 8.76. The molecule has 2 aromatic carbocycles. The number of hydrogen-bond donors (Lipinski definition) is 4. The average Bonchev–Trinajstić information content (AvgIpc) is 4.15. The molecule has 4 N–H and O–H groups in total. The monoisotopic (exact) mass is 1100 g/mol. The van der Waals surface area contributed by atoms with E-state index in [1.165, 1.54) is 0 Å². The topological polar surface area (TPSA) is 217 Å². The molecule has 0 bridgehead atoms. The van der Waals surface area contributed by atoms with Crippen molar-refractivity contribution in [1.82, 2.24) is 59.5 Å². The third-order valence-electron chi connectivity index (χ3n) is 13.2. The van der Waals surface area contributed by atoms with Crippen molar-refractivity contribution in [2.45, 2.75) is 27.4 Å². The molecule has 0 spiro atoms. The average molecular weight is 1100 g/mol. The molecule has 81 heavy (non-hydrogen) atoms. The van der Waals surface area contributed by atoms with Gasteiger partial charge in [0.2, 0.25) is 11.9 Å². The Kier molecular flexibility index (Phi) is 21.2. The molecule has 0 aliphatic carbocycles. The van der Waals surface area contributed by atoms with Crippen LogP contribution in [0.1, 0.15) is 53.0 Å². The van der Waals surface area contributed by atoms with Crippen molar-refractivity contribution in [2.24, 2.45) is 0 Å². The van der Waals surface area contributed by atoms with Crippen LogP contribution in [0.2, 0.25) is 0 Å². The van der Waals surface area contributed by atoms with Crippen LogP contribution >= 0.6 is 0 Å². The summed E-state index contributed by atoms with van der Waals surface area (Å²) >= 11 is 0. The number of allylic oxidation sites excluding steroid dienone is 4. The van der Waals surface area contributed by atoms with Crippen molar-refractivity contribution in [3.63, 3.8) is 0 Å². The second-order valence-corrected chi connectivity index (χ2v) is 19.1. The summed E-state index contributed by atoms with van der Waals surface area (Å²) in [6.45, 7) is 18.6. The number of nitrogens with zero attached hydrogens (tertiary/aromatic N) is 10. The number of H-pyrrole nitrogens is 2.